The number of benzene rings is 2. The number of amides is 2. The molecule has 11 nitrogen and oxygen atoms in total. The SMILES string of the molecule is CCOC(=O)N1CCN(C(=O)c2ccc(Cn3c(=O)[nH]c4cc(OC)c(OC)cc4c3=O)cc2)CC1. The second-order valence-corrected chi connectivity index (χ2v) is 8.25. The Labute approximate surface area is 206 Å². The van der Waals surface area contributed by atoms with Crippen LogP contribution in [0, 0.1) is 0 Å². The molecule has 1 aromatic heterocycles. The first-order chi connectivity index (χ1) is 17.4. The topological polar surface area (TPSA) is 123 Å². The lowest BCUT2D eigenvalue weighted by Gasteiger charge is -2.34. The molecule has 1 fully saturated rings. The van der Waals surface area contributed by atoms with Crippen LogP contribution in [0.25, 0.3) is 10.9 Å². The lowest BCUT2D eigenvalue weighted by atomic mass is 10.1. The molecule has 4 rings (SSSR count). The van der Waals surface area contributed by atoms with Crippen molar-refractivity contribution < 1.29 is 23.8 Å². The summed E-state index contributed by atoms with van der Waals surface area (Å²) >= 11 is 0. The number of piperazine rings is 1. The Balaban J connectivity index is 1.49. The van der Waals surface area contributed by atoms with Crippen molar-refractivity contribution in [2.75, 3.05) is 47.0 Å². The molecule has 190 valence electrons. The summed E-state index contributed by atoms with van der Waals surface area (Å²) in [5.41, 5.74) is 0.502. The van der Waals surface area contributed by atoms with Crippen LogP contribution < -0.4 is 20.7 Å². The highest BCUT2D eigenvalue weighted by molar-refractivity contribution is 5.94. The number of nitrogens with one attached hydrogen (secondary N) is 1. The van der Waals surface area contributed by atoms with Gasteiger partial charge in [0.15, 0.2) is 11.5 Å². The van der Waals surface area contributed by atoms with Gasteiger partial charge in [0.25, 0.3) is 11.5 Å². The summed E-state index contributed by atoms with van der Waals surface area (Å²) < 4.78 is 16.6. The van der Waals surface area contributed by atoms with Crippen molar-refractivity contribution in [1.82, 2.24) is 19.4 Å². The third kappa shape index (κ3) is 4.90. The average Bonchev–Trinajstić information content (AvgIpc) is 2.90. The van der Waals surface area contributed by atoms with Gasteiger partial charge in [0.2, 0.25) is 0 Å². The van der Waals surface area contributed by atoms with Crippen LogP contribution in [0.15, 0.2) is 46.0 Å². The molecule has 3 aromatic rings. The molecule has 0 unspecified atom stereocenters. The van der Waals surface area contributed by atoms with E-state index < -0.39 is 11.2 Å². The van der Waals surface area contributed by atoms with Crippen molar-refractivity contribution in [1.29, 1.82) is 0 Å². The third-order valence-corrected chi connectivity index (χ3v) is 6.12. The molecule has 1 saturated heterocycles. The minimum absolute atomic E-state index is 0.0329. The summed E-state index contributed by atoms with van der Waals surface area (Å²) in [6.45, 7) is 3.74. The van der Waals surface area contributed by atoms with Gasteiger partial charge in [-0.05, 0) is 30.7 Å². The predicted molar refractivity (Wildman–Crippen MR) is 132 cm³/mol. The molecule has 0 saturated carbocycles. The first-order valence-electron chi connectivity index (χ1n) is 11.5. The van der Waals surface area contributed by atoms with Crippen LogP contribution in [0.3, 0.4) is 0 Å². The fourth-order valence-corrected chi connectivity index (χ4v) is 4.15. The summed E-state index contributed by atoms with van der Waals surface area (Å²) in [4.78, 5) is 56.4. The molecular formula is C25H28N4O7. The minimum Gasteiger partial charge on any atom is -0.493 e. The monoisotopic (exact) mass is 496 g/mol. The quantitative estimate of drug-likeness (QED) is 0.551. The predicted octanol–water partition coefficient (Wildman–Crippen LogP) is 1.67. The zero-order valence-electron chi connectivity index (χ0n) is 20.4. The molecule has 36 heavy (non-hydrogen) atoms. The lowest BCUT2D eigenvalue weighted by molar-refractivity contribution is 0.0570. The van der Waals surface area contributed by atoms with Gasteiger partial charge in [-0.1, -0.05) is 12.1 Å². The molecule has 0 radical (unpaired) electrons. The Kier molecular flexibility index (Phi) is 7.28. The summed E-state index contributed by atoms with van der Waals surface area (Å²) in [6, 6.07) is 9.85. The van der Waals surface area contributed by atoms with Gasteiger partial charge in [-0.3, -0.25) is 14.2 Å². The number of hydrogen-bond acceptors (Lipinski definition) is 7. The number of aromatic nitrogens is 2. The van der Waals surface area contributed by atoms with E-state index in [1.165, 1.54) is 20.3 Å². The van der Waals surface area contributed by atoms with Crippen LogP contribution in [0.1, 0.15) is 22.8 Å². The molecule has 1 aliphatic heterocycles. The maximum Gasteiger partial charge on any atom is 0.409 e. The molecule has 11 heteroatoms. The highest BCUT2D eigenvalue weighted by atomic mass is 16.6. The number of H-pyrrole nitrogens is 1. The van der Waals surface area contributed by atoms with Gasteiger partial charge >= 0.3 is 11.8 Å². The number of methoxy groups -OCH3 is 2. The van der Waals surface area contributed by atoms with E-state index in [0.29, 0.717) is 66.3 Å². The van der Waals surface area contributed by atoms with Crippen LogP contribution in [0.4, 0.5) is 4.79 Å². The number of carbonyl (C=O) groups excluding carboxylic acids is 2. The van der Waals surface area contributed by atoms with Crippen molar-refractivity contribution in [3.05, 3.63) is 68.4 Å². The van der Waals surface area contributed by atoms with Crippen molar-refractivity contribution >= 4 is 22.9 Å². The molecular weight excluding hydrogens is 468 g/mol. The first kappa shape index (κ1) is 24.8. The highest BCUT2D eigenvalue weighted by Gasteiger charge is 2.25. The van der Waals surface area contributed by atoms with Crippen LogP contribution in [0.5, 0.6) is 11.5 Å². The first-order valence-corrected chi connectivity index (χ1v) is 11.5. The largest absolute Gasteiger partial charge is 0.493 e. The van der Waals surface area contributed by atoms with Crippen molar-refractivity contribution in [3.8, 4) is 11.5 Å². The van der Waals surface area contributed by atoms with E-state index in [0.717, 1.165) is 4.57 Å². The van der Waals surface area contributed by atoms with Crippen molar-refractivity contribution in [3.63, 3.8) is 0 Å². The standard InChI is InChI=1S/C25H28N4O7/c1-4-36-25(33)28-11-9-27(10-12-28)22(30)17-7-5-16(6-8-17)15-29-23(31)18-13-20(34-2)21(35-3)14-19(18)26-24(29)32/h5-8,13-14H,4,9-12,15H2,1-3H3,(H,26,32). The number of ether oxygens (including phenoxy) is 3. The average molecular weight is 497 g/mol. The molecule has 2 aromatic carbocycles. The van der Waals surface area contributed by atoms with Crippen LogP contribution in [-0.2, 0) is 11.3 Å². The van der Waals surface area contributed by atoms with Gasteiger partial charge in [0.1, 0.15) is 0 Å². The summed E-state index contributed by atoms with van der Waals surface area (Å²) in [6.07, 6.45) is -0.370. The summed E-state index contributed by atoms with van der Waals surface area (Å²) in [5, 5.41) is 0.293. The zero-order valence-corrected chi connectivity index (χ0v) is 20.4. The van der Waals surface area contributed by atoms with Crippen molar-refractivity contribution in [2.24, 2.45) is 0 Å². The van der Waals surface area contributed by atoms with Gasteiger partial charge in [0, 0.05) is 37.8 Å². The van der Waals surface area contributed by atoms with E-state index in [1.54, 1.807) is 47.1 Å². The highest BCUT2D eigenvalue weighted by Crippen LogP contribution is 2.29. The number of fused-ring (bicyclic) bond motifs is 1. The number of rotatable bonds is 6. The van der Waals surface area contributed by atoms with E-state index in [1.807, 2.05) is 0 Å². The second kappa shape index (κ2) is 10.5. The van der Waals surface area contributed by atoms with E-state index in [4.69, 9.17) is 14.2 Å². The molecule has 1 aliphatic rings. The Bertz CT molecular complexity index is 1390. The third-order valence-electron chi connectivity index (χ3n) is 6.12. The summed E-state index contributed by atoms with van der Waals surface area (Å²) in [7, 11) is 2.94. The van der Waals surface area contributed by atoms with Gasteiger partial charge in [-0.25, -0.2) is 9.59 Å². The van der Waals surface area contributed by atoms with E-state index >= 15 is 0 Å². The van der Waals surface area contributed by atoms with Gasteiger partial charge < -0.3 is 29.0 Å². The van der Waals surface area contributed by atoms with Gasteiger partial charge in [0.05, 0.1) is 38.3 Å². The maximum atomic E-state index is 13.1. The lowest BCUT2D eigenvalue weighted by Crippen LogP contribution is -2.50. The van der Waals surface area contributed by atoms with E-state index in [2.05, 4.69) is 4.98 Å². The molecule has 2 amide bonds. The number of hydrogen-bond donors (Lipinski definition) is 1. The maximum absolute atomic E-state index is 13.1. The Morgan fingerprint density at radius 1 is 0.917 bits per heavy atom. The smallest absolute Gasteiger partial charge is 0.409 e. The fourth-order valence-electron chi connectivity index (χ4n) is 4.15. The fraction of sp³-hybridized carbons (Fsp3) is 0.360. The molecule has 0 aliphatic carbocycles. The molecule has 0 bridgehead atoms. The van der Waals surface area contributed by atoms with Crippen LogP contribution in [0.2, 0.25) is 0 Å². The Hall–Kier alpha value is -4.28. The zero-order chi connectivity index (χ0) is 25.8. The minimum atomic E-state index is -0.556. The normalized spacial score (nSPS) is 13.5. The number of carbonyl (C=O) groups is 2. The second-order valence-electron chi connectivity index (χ2n) is 8.25. The molecule has 2 heterocycles. The molecule has 1 N–H and O–H groups in total. The number of aromatic amines is 1. The van der Waals surface area contributed by atoms with Gasteiger partial charge in [-0.15, -0.1) is 0 Å². The molecule has 0 atom stereocenters. The van der Waals surface area contributed by atoms with Crippen LogP contribution >= 0.6 is 0 Å². The Morgan fingerprint density at radius 2 is 1.53 bits per heavy atom. The van der Waals surface area contributed by atoms with Crippen molar-refractivity contribution in [2.45, 2.75) is 13.5 Å². The molecule has 0 spiro atoms. The summed E-state index contributed by atoms with van der Waals surface area (Å²) in [5.74, 6) is 0.638. The Morgan fingerprint density at radius 3 is 2.14 bits per heavy atom. The van der Waals surface area contributed by atoms with E-state index in [-0.39, 0.29) is 18.5 Å². The van der Waals surface area contributed by atoms with E-state index in [9.17, 15) is 19.2 Å². The number of nitrogens with zero attached hydrogens (tertiary/aromatic N) is 3. The van der Waals surface area contributed by atoms with Crippen LogP contribution in [-0.4, -0.2) is 78.4 Å². The van der Waals surface area contributed by atoms with Gasteiger partial charge in [-0.2, -0.15) is 0 Å².